The van der Waals surface area contributed by atoms with E-state index in [1.165, 1.54) is 5.56 Å². The maximum absolute atomic E-state index is 14.0. The SMILES string of the molecule is CC(C)CNCc1ccc(F)c(CN2CC(C)C(C)C2)c1. The van der Waals surface area contributed by atoms with Crippen molar-refractivity contribution < 1.29 is 4.39 Å². The van der Waals surface area contributed by atoms with Crippen LogP contribution >= 0.6 is 0 Å². The average molecular weight is 292 g/mol. The second kappa shape index (κ2) is 7.37. The lowest BCUT2D eigenvalue weighted by Crippen LogP contribution is -2.22. The first-order valence-electron chi connectivity index (χ1n) is 8.16. The quantitative estimate of drug-likeness (QED) is 0.861. The first-order chi connectivity index (χ1) is 9.95. The third-order valence-corrected chi connectivity index (χ3v) is 4.45. The molecule has 2 rings (SSSR count). The van der Waals surface area contributed by atoms with Gasteiger partial charge in [-0.1, -0.05) is 39.8 Å². The normalized spacial score (nSPS) is 23.1. The molecule has 3 heteroatoms. The highest BCUT2D eigenvalue weighted by Gasteiger charge is 2.26. The zero-order chi connectivity index (χ0) is 15.4. The van der Waals surface area contributed by atoms with Gasteiger partial charge in [-0.25, -0.2) is 4.39 Å². The van der Waals surface area contributed by atoms with Crippen LogP contribution < -0.4 is 5.32 Å². The summed E-state index contributed by atoms with van der Waals surface area (Å²) in [5, 5.41) is 3.42. The molecule has 0 aromatic heterocycles. The van der Waals surface area contributed by atoms with E-state index in [4.69, 9.17) is 0 Å². The molecule has 1 aliphatic heterocycles. The molecule has 0 amide bonds. The summed E-state index contributed by atoms with van der Waals surface area (Å²) >= 11 is 0. The second-order valence-electron chi connectivity index (χ2n) is 7.10. The summed E-state index contributed by atoms with van der Waals surface area (Å²) < 4.78 is 14.0. The smallest absolute Gasteiger partial charge is 0.127 e. The third-order valence-electron chi connectivity index (χ3n) is 4.45. The van der Waals surface area contributed by atoms with E-state index < -0.39 is 0 Å². The Balaban J connectivity index is 1.95. The molecule has 2 nitrogen and oxygen atoms in total. The fraction of sp³-hybridized carbons (Fsp3) is 0.667. The highest BCUT2D eigenvalue weighted by molar-refractivity contribution is 5.25. The summed E-state index contributed by atoms with van der Waals surface area (Å²) in [7, 11) is 0. The number of nitrogens with zero attached hydrogens (tertiary/aromatic N) is 1. The van der Waals surface area contributed by atoms with Crippen LogP contribution in [-0.4, -0.2) is 24.5 Å². The van der Waals surface area contributed by atoms with Crippen molar-refractivity contribution in [2.75, 3.05) is 19.6 Å². The van der Waals surface area contributed by atoms with Crippen LogP contribution in [0.1, 0.15) is 38.8 Å². The molecule has 1 N–H and O–H groups in total. The Bertz CT molecular complexity index is 449. The maximum atomic E-state index is 14.0. The molecule has 0 spiro atoms. The molecule has 1 heterocycles. The Kier molecular flexibility index (Phi) is 5.77. The van der Waals surface area contributed by atoms with Crippen LogP contribution in [0.15, 0.2) is 18.2 Å². The molecule has 2 unspecified atom stereocenters. The number of nitrogens with one attached hydrogen (secondary N) is 1. The van der Waals surface area contributed by atoms with Gasteiger partial charge >= 0.3 is 0 Å². The molecular formula is C18H29FN2. The van der Waals surface area contributed by atoms with Crippen molar-refractivity contribution >= 4 is 0 Å². The number of rotatable bonds is 6. The van der Waals surface area contributed by atoms with Gasteiger partial charge in [-0.15, -0.1) is 0 Å². The van der Waals surface area contributed by atoms with Crippen LogP contribution in [0.5, 0.6) is 0 Å². The van der Waals surface area contributed by atoms with Gasteiger partial charge < -0.3 is 5.32 Å². The van der Waals surface area contributed by atoms with Crippen LogP contribution in [0.25, 0.3) is 0 Å². The number of likely N-dealkylation sites (tertiary alicyclic amines) is 1. The molecule has 1 aliphatic rings. The third kappa shape index (κ3) is 4.79. The van der Waals surface area contributed by atoms with Crippen LogP contribution in [0, 0.1) is 23.6 Å². The van der Waals surface area contributed by atoms with Crippen molar-refractivity contribution in [1.29, 1.82) is 0 Å². The topological polar surface area (TPSA) is 15.3 Å². The summed E-state index contributed by atoms with van der Waals surface area (Å²) in [5.41, 5.74) is 2.01. The first kappa shape index (κ1) is 16.4. The van der Waals surface area contributed by atoms with Crippen LogP contribution in [0.4, 0.5) is 4.39 Å². The summed E-state index contributed by atoms with van der Waals surface area (Å²) in [4.78, 5) is 2.37. The van der Waals surface area contributed by atoms with Gasteiger partial charge in [0, 0.05) is 31.7 Å². The Morgan fingerprint density at radius 1 is 1.24 bits per heavy atom. The van der Waals surface area contributed by atoms with Crippen LogP contribution in [0.2, 0.25) is 0 Å². The van der Waals surface area contributed by atoms with Gasteiger partial charge in [0.1, 0.15) is 5.82 Å². The van der Waals surface area contributed by atoms with E-state index in [1.807, 2.05) is 12.1 Å². The standard InChI is InChI=1S/C18H29FN2/c1-13(2)8-20-9-16-5-6-18(19)17(7-16)12-21-10-14(3)15(4)11-21/h5-7,13-15,20H,8-12H2,1-4H3. The number of hydrogen-bond acceptors (Lipinski definition) is 2. The summed E-state index contributed by atoms with van der Waals surface area (Å²) in [6, 6.07) is 5.53. The Hall–Kier alpha value is -0.930. The molecule has 2 atom stereocenters. The molecule has 21 heavy (non-hydrogen) atoms. The summed E-state index contributed by atoms with van der Waals surface area (Å²) in [6.07, 6.45) is 0. The number of benzene rings is 1. The minimum absolute atomic E-state index is 0.0742. The molecule has 0 aliphatic carbocycles. The molecule has 1 saturated heterocycles. The van der Waals surface area contributed by atoms with E-state index >= 15 is 0 Å². The van der Waals surface area contributed by atoms with Crippen molar-refractivity contribution in [1.82, 2.24) is 10.2 Å². The predicted octanol–water partition coefficient (Wildman–Crippen LogP) is 3.66. The van der Waals surface area contributed by atoms with E-state index in [0.717, 1.165) is 38.3 Å². The molecule has 1 aromatic rings. The molecule has 1 fully saturated rings. The average Bonchev–Trinajstić information content (AvgIpc) is 2.72. The highest BCUT2D eigenvalue weighted by Crippen LogP contribution is 2.24. The van der Waals surface area contributed by atoms with Crippen molar-refractivity contribution in [2.24, 2.45) is 17.8 Å². The predicted molar refractivity (Wildman–Crippen MR) is 86.5 cm³/mol. The monoisotopic (exact) mass is 292 g/mol. The van der Waals surface area contributed by atoms with E-state index in [2.05, 4.69) is 37.9 Å². The molecular weight excluding hydrogens is 263 g/mol. The molecule has 0 bridgehead atoms. The molecule has 0 radical (unpaired) electrons. The fourth-order valence-corrected chi connectivity index (χ4v) is 2.98. The maximum Gasteiger partial charge on any atom is 0.127 e. The Morgan fingerprint density at radius 2 is 1.90 bits per heavy atom. The van der Waals surface area contributed by atoms with Gasteiger partial charge in [0.25, 0.3) is 0 Å². The lowest BCUT2D eigenvalue weighted by molar-refractivity contribution is 0.310. The highest BCUT2D eigenvalue weighted by atomic mass is 19.1. The fourth-order valence-electron chi connectivity index (χ4n) is 2.98. The number of hydrogen-bond donors (Lipinski definition) is 1. The lowest BCUT2D eigenvalue weighted by atomic mass is 10.0. The van der Waals surface area contributed by atoms with Gasteiger partial charge in [0.2, 0.25) is 0 Å². The van der Waals surface area contributed by atoms with Crippen LogP contribution in [-0.2, 0) is 13.1 Å². The van der Waals surface area contributed by atoms with Crippen molar-refractivity contribution in [2.45, 2.75) is 40.8 Å². The number of halogens is 1. The van der Waals surface area contributed by atoms with Gasteiger partial charge in [0.05, 0.1) is 0 Å². The zero-order valence-corrected chi connectivity index (χ0v) is 13.8. The lowest BCUT2D eigenvalue weighted by Gasteiger charge is -2.17. The van der Waals surface area contributed by atoms with E-state index in [-0.39, 0.29) is 5.82 Å². The first-order valence-corrected chi connectivity index (χ1v) is 8.16. The molecule has 0 saturated carbocycles. The van der Waals surface area contributed by atoms with E-state index in [9.17, 15) is 4.39 Å². The Morgan fingerprint density at radius 3 is 2.52 bits per heavy atom. The Labute approximate surface area is 128 Å². The van der Waals surface area contributed by atoms with Gasteiger partial charge in [-0.3, -0.25) is 4.90 Å². The molecule has 118 valence electrons. The van der Waals surface area contributed by atoms with E-state index in [1.54, 1.807) is 6.07 Å². The van der Waals surface area contributed by atoms with Gasteiger partial charge in [-0.2, -0.15) is 0 Å². The molecule has 1 aromatic carbocycles. The zero-order valence-electron chi connectivity index (χ0n) is 13.8. The second-order valence-corrected chi connectivity index (χ2v) is 7.10. The minimum Gasteiger partial charge on any atom is -0.312 e. The summed E-state index contributed by atoms with van der Waals surface area (Å²) in [6.45, 7) is 13.7. The summed E-state index contributed by atoms with van der Waals surface area (Å²) in [5.74, 6) is 1.99. The van der Waals surface area contributed by atoms with E-state index in [0.29, 0.717) is 17.8 Å². The largest absolute Gasteiger partial charge is 0.312 e. The minimum atomic E-state index is -0.0742. The van der Waals surface area contributed by atoms with Crippen molar-refractivity contribution in [3.63, 3.8) is 0 Å². The van der Waals surface area contributed by atoms with Crippen molar-refractivity contribution in [3.8, 4) is 0 Å². The van der Waals surface area contributed by atoms with Gasteiger partial charge in [0.15, 0.2) is 0 Å². The van der Waals surface area contributed by atoms with Gasteiger partial charge in [-0.05, 0) is 35.9 Å². The van der Waals surface area contributed by atoms with Crippen molar-refractivity contribution in [3.05, 3.63) is 35.1 Å². The van der Waals surface area contributed by atoms with Crippen LogP contribution in [0.3, 0.4) is 0 Å².